The van der Waals surface area contributed by atoms with E-state index in [0.717, 1.165) is 35.4 Å². The monoisotopic (exact) mass is 369 g/mol. The van der Waals surface area contributed by atoms with Gasteiger partial charge in [0.05, 0.1) is 5.56 Å². The van der Waals surface area contributed by atoms with Crippen LogP contribution >= 0.6 is 23.6 Å². The van der Waals surface area contributed by atoms with Crippen LogP contribution in [0.25, 0.3) is 0 Å². The summed E-state index contributed by atoms with van der Waals surface area (Å²) in [5, 5.41) is 16.2. The Bertz CT molecular complexity index is 862. The second-order valence-electron chi connectivity index (χ2n) is 6.44. The van der Waals surface area contributed by atoms with Crippen LogP contribution in [-0.2, 0) is 12.8 Å². The Morgan fingerprint density at radius 3 is 2.76 bits per heavy atom. The second-order valence-corrected chi connectivity index (χ2v) is 7.96. The van der Waals surface area contributed by atoms with E-state index >= 15 is 0 Å². The topological polar surface area (TPSA) is 64.9 Å². The van der Waals surface area contributed by atoms with Gasteiger partial charge in [-0.05, 0) is 62.0 Å². The molecule has 0 spiro atoms. The SMILES string of the molecule is Cc1ccc(C(=O)NC(=S)Nc2sc3c(c2C#N)CCC(C)C3)cc1. The number of hydrogen-bond acceptors (Lipinski definition) is 4. The van der Waals surface area contributed by atoms with Gasteiger partial charge >= 0.3 is 0 Å². The maximum atomic E-state index is 12.2. The lowest BCUT2D eigenvalue weighted by atomic mass is 9.89. The van der Waals surface area contributed by atoms with Gasteiger partial charge in [0.1, 0.15) is 11.1 Å². The molecule has 4 nitrogen and oxygen atoms in total. The van der Waals surface area contributed by atoms with Crippen LogP contribution in [0.2, 0.25) is 0 Å². The molecule has 1 heterocycles. The predicted molar refractivity (Wildman–Crippen MR) is 105 cm³/mol. The van der Waals surface area contributed by atoms with Gasteiger partial charge in [-0.2, -0.15) is 5.26 Å². The third-order valence-corrected chi connectivity index (χ3v) is 5.77. The van der Waals surface area contributed by atoms with Gasteiger partial charge in [0, 0.05) is 10.4 Å². The number of thiophene rings is 1. The summed E-state index contributed by atoms with van der Waals surface area (Å²) >= 11 is 6.83. The number of carbonyl (C=O) groups is 1. The average molecular weight is 370 g/mol. The van der Waals surface area contributed by atoms with E-state index in [-0.39, 0.29) is 11.0 Å². The van der Waals surface area contributed by atoms with Crippen molar-refractivity contribution in [3.63, 3.8) is 0 Å². The van der Waals surface area contributed by atoms with Crippen molar-refractivity contribution in [2.24, 2.45) is 5.92 Å². The molecule has 1 atom stereocenters. The van der Waals surface area contributed by atoms with Crippen molar-refractivity contribution < 1.29 is 4.79 Å². The smallest absolute Gasteiger partial charge is 0.257 e. The van der Waals surface area contributed by atoms with Crippen LogP contribution in [0.3, 0.4) is 0 Å². The Balaban J connectivity index is 1.72. The van der Waals surface area contributed by atoms with Gasteiger partial charge < -0.3 is 5.32 Å². The fourth-order valence-corrected chi connectivity index (χ4v) is 4.60. The maximum absolute atomic E-state index is 12.2. The number of nitrogens with zero attached hydrogens (tertiary/aromatic N) is 1. The summed E-state index contributed by atoms with van der Waals surface area (Å²) in [7, 11) is 0. The Morgan fingerprint density at radius 2 is 2.08 bits per heavy atom. The quantitative estimate of drug-likeness (QED) is 0.780. The van der Waals surface area contributed by atoms with Gasteiger partial charge in [-0.3, -0.25) is 10.1 Å². The maximum Gasteiger partial charge on any atom is 0.257 e. The van der Waals surface area contributed by atoms with E-state index in [1.807, 2.05) is 19.1 Å². The van der Waals surface area contributed by atoms with Crippen molar-refractivity contribution in [2.75, 3.05) is 5.32 Å². The molecule has 3 rings (SSSR count). The zero-order chi connectivity index (χ0) is 18.0. The number of carbonyl (C=O) groups excluding carboxylic acids is 1. The van der Waals surface area contributed by atoms with Crippen molar-refractivity contribution in [2.45, 2.75) is 33.1 Å². The summed E-state index contributed by atoms with van der Waals surface area (Å²) in [5.41, 5.74) is 3.45. The Hall–Kier alpha value is -2.23. The Labute approximate surface area is 156 Å². The van der Waals surface area contributed by atoms with Gasteiger partial charge in [-0.1, -0.05) is 24.6 Å². The molecular weight excluding hydrogens is 350 g/mol. The molecule has 25 heavy (non-hydrogen) atoms. The highest BCUT2D eigenvalue weighted by Gasteiger charge is 2.24. The minimum atomic E-state index is -0.258. The highest BCUT2D eigenvalue weighted by molar-refractivity contribution is 7.80. The lowest BCUT2D eigenvalue weighted by molar-refractivity contribution is 0.0977. The molecule has 1 aromatic heterocycles. The molecule has 0 saturated heterocycles. The van der Waals surface area contributed by atoms with E-state index in [4.69, 9.17) is 12.2 Å². The van der Waals surface area contributed by atoms with Crippen LogP contribution in [0.15, 0.2) is 24.3 Å². The summed E-state index contributed by atoms with van der Waals surface area (Å²) < 4.78 is 0. The van der Waals surface area contributed by atoms with Crippen molar-refractivity contribution in [3.05, 3.63) is 51.4 Å². The number of nitrogens with one attached hydrogen (secondary N) is 2. The van der Waals surface area contributed by atoms with Gasteiger partial charge in [-0.15, -0.1) is 11.3 Å². The van der Waals surface area contributed by atoms with E-state index < -0.39 is 0 Å². The Morgan fingerprint density at radius 1 is 1.36 bits per heavy atom. The molecule has 0 fully saturated rings. The molecule has 1 aliphatic carbocycles. The molecule has 0 saturated carbocycles. The zero-order valence-electron chi connectivity index (χ0n) is 14.2. The molecule has 0 bridgehead atoms. The highest BCUT2D eigenvalue weighted by atomic mass is 32.1. The largest absolute Gasteiger partial charge is 0.323 e. The number of benzene rings is 1. The molecule has 1 amide bonds. The lowest BCUT2D eigenvalue weighted by Crippen LogP contribution is -2.34. The number of aryl methyl sites for hydroxylation is 1. The third kappa shape index (κ3) is 3.89. The molecule has 0 aliphatic heterocycles. The fourth-order valence-electron chi connectivity index (χ4n) is 2.97. The molecule has 128 valence electrons. The van der Waals surface area contributed by atoms with E-state index in [1.165, 1.54) is 4.88 Å². The van der Waals surface area contributed by atoms with Gasteiger partial charge in [0.2, 0.25) is 0 Å². The molecule has 1 aromatic carbocycles. The first-order valence-electron chi connectivity index (χ1n) is 8.21. The minimum Gasteiger partial charge on any atom is -0.323 e. The number of rotatable bonds is 2. The van der Waals surface area contributed by atoms with E-state index in [1.54, 1.807) is 23.5 Å². The summed E-state index contributed by atoms with van der Waals surface area (Å²) in [6, 6.07) is 9.58. The van der Waals surface area contributed by atoms with Crippen molar-refractivity contribution in [1.29, 1.82) is 5.26 Å². The van der Waals surface area contributed by atoms with Crippen molar-refractivity contribution >= 4 is 39.6 Å². The fraction of sp³-hybridized carbons (Fsp3) is 0.316. The summed E-state index contributed by atoms with van der Waals surface area (Å²) in [5.74, 6) is 0.379. The molecule has 1 aliphatic rings. The minimum absolute atomic E-state index is 0.216. The summed E-state index contributed by atoms with van der Waals surface area (Å²) in [6.07, 6.45) is 3.03. The number of amides is 1. The first-order valence-corrected chi connectivity index (χ1v) is 9.44. The van der Waals surface area contributed by atoms with Crippen LogP contribution in [0.1, 0.15) is 45.3 Å². The van der Waals surface area contributed by atoms with Gasteiger partial charge in [-0.25, -0.2) is 0 Å². The van der Waals surface area contributed by atoms with Gasteiger partial charge in [0.25, 0.3) is 5.91 Å². The average Bonchev–Trinajstić information content (AvgIpc) is 2.90. The number of fused-ring (bicyclic) bond motifs is 1. The molecular formula is C19H19N3OS2. The summed E-state index contributed by atoms with van der Waals surface area (Å²) in [4.78, 5) is 13.5. The van der Waals surface area contributed by atoms with Crippen LogP contribution < -0.4 is 10.6 Å². The predicted octanol–water partition coefficient (Wildman–Crippen LogP) is 4.18. The lowest BCUT2D eigenvalue weighted by Gasteiger charge is -2.17. The van der Waals surface area contributed by atoms with Crippen molar-refractivity contribution in [3.8, 4) is 6.07 Å². The standard InChI is InChI=1S/C19H19N3OS2/c1-11-3-6-13(7-4-11)17(23)21-19(24)22-18-15(10-20)14-8-5-12(2)9-16(14)25-18/h3-4,6-7,12H,5,8-9H2,1-2H3,(H2,21,22,23,24). The number of hydrogen-bond donors (Lipinski definition) is 2. The van der Waals surface area contributed by atoms with Gasteiger partial charge in [0.15, 0.2) is 5.11 Å². The van der Waals surface area contributed by atoms with Crippen LogP contribution in [0.4, 0.5) is 5.00 Å². The molecule has 2 N–H and O–H groups in total. The number of anilines is 1. The number of thiocarbonyl (C=S) groups is 1. The van der Waals surface area contributed by atoms with E-state index in [2.05, 4.69) is 23.6 Å². The second kappa shape index (κ2) is 7.34. The zero-order valence-corrected chi connectivity index (χ0v) is 15.8. The normalized spacial score (nSPS) is 15.8. The third-order valence-electron chi connectivity index (χ3n) is 4.39. The first kappa shape index (κ1) is 17.6. The van der Waals surface area contributed by atoms with Crippen LogP contribution in [0.5, 0.6) is 0 Å². The number of nitriles is 1. The van der Waals surface area contributed by atoms with E-state index in [0.29, 0.717) is 17.0 Å². The van der Waals surface area contributed by atoms with Crippen LogP contribution in [-0.4, -0.2) is 11.0 Å². The summed E-state index contributed by atoms with van der Waals surface area (Å²) in [6.45, 7) is 4.20. The Kier molecular flexibility index (Phi) is 5.16. The molecule has 0 radical (unpaired) electrons. The van der Waals surface area contributed by atoms with Crippen molar-refractivity contribution in [1.82, 2.24) is 5.32 Å². The molecule has 6 heteroatoms. The molecule has 2 aromatic rings. The van der Waals surface area contributed by atoms with E-state index in [9.17, 15) is 10.1 Å². The molecule has 1 unspecified atom stereocenters. The first-order chi connectivity index (χ1) is 12.0. The highest BCUT2D eigenvalue weighted by Crippen LogP contribution is 2.39. The van der Waals surface area contributed by atoms with Crippen LogP contribution in [0, 0.1) is 24.2 Å².